The summed E-state index contributed by atoms with van der Waals surface area (Å²) in [6, 6.07) is 7.62. The van der Waals surface area contributed by atoms with Gasteiger partial charge in [-0.2, -0.15) is 0 Å². The lowest BCUT2D eigenvalue weighted by atomic mass is 9.98. The Labute approximate surface area is 129 Å². The van der Waals surface area contributed by atoms with Gasteiger partial charge in [0.05, 0.1) is 12.7 Å². The number of oxazole rings is 1. The van der Waals surface area contributed by atoms with Gasteiger partial charge in [-0.1, -0.05) is 23.7 Å². The van der Waals surface area contributed by atoms with Crippen LogP contribution in [0.4, 0.5) is 0 Å². The molecule has 1 atom stereocenters. The number of hydrogen-bond donors (Lipinski definition) is 1. The number of rotatable bonds is 4. The van der Waals surface area contributed by atoms with Gasteiger partial charge in [-0.05, 0) is 44.0 Å². The smallest absolute Gasteiger partial charge is 0.209 e. The Morgan fingerprint density at radius 2 is 2.33 bits per heavy atom. The SMILES string of the molecule is NCC1CCCN(Cc2ncc(-c3cccc(Cl)c3)o2)C1. The van der Waals surface area contributed by atoms with Crippen molar-refractivity contribution in [1.82, 2.24) is 9.88 Å². The summed E-state index contributed by atoms with van der Waals surface area (Å²) in [4.78, 5) is 6.75. The van der Waals surface area contributed by atoms with Gasteiger partial charge in [-0.25, -0.2) is 4.98 Å². The van der Waals surface area contributed by atoms with Crippen molar-refractivity contribution in [3.8, 4) is 11.3 Å². The van der Waals surface area contributed by atoms with E-state index in [9.17, 15) is 0 Å². The lowest BCUT2D eigenvalue weighted by molar-refractivity contribution is 0.158. The molecule has 3 rings (SSSR count). The van der Waals surface area contributed by atoms with Crippen molar-refractivity contribution in [1.29, 1.82) is 0 Å². The molecule has 2 aromatic rings. The third kappa shape index (κ3) is 3.64. The molecule has 0 radical (unpaired) electrons. The highest BCUT2D eigenvalue weighted by Crippen LogP contribution is 2.24. The Hall–Kier alpha value is -1.36. The molecule has 0 amide bonds. The summed E-state index contributed by atoms with van der Waals surface area (Å²) >= 11 is 6.01. The molecule has 0 bridgehead atoms. The first-order chi connectivity index (χ1) is 10.2. The van der Waals surface area contributed by atoms with E-state index in [0.717, 1.165) is 43.4 Å². The summed E-state index contributed by atoms with van der Waals surface area (Å²) in [5.74, 6) is 2.11. The van der Waals surface area contributed by atoms with Crippen LogP contribution in [-0.2, 0) is 6.54 Å². The van der Waals surface area contributed by atoms with Gasteiger partial charge in [-0.3, -0.25) is 4.90 Å². The molecule has 4 nitrogen and oxygen atoms in total. The summed E-state index contributed by atoms with van der Waals surface area (Å²) in [6.07, 6.45) is 4.20. The highest BCUT2D eigenvalue weighted by Gasteiger charge is 2.20. The highest BCUT2D eigenvalue weighted by molar-refractivity contribution is 6.30. The Kier molecular flexibility index (Phi) is 4.58. The van der Waals surface area contributed by atoms with Crippen molar-refractivity contribution >= 4 is 11.6 Å². The summed E-state index contributed by atoms with van der Waals surface area (Å²) < 4.78 is 5.85. The highest BCUT2D eigenvalue weighted by atomic mass is 35.5. The predicted molar refractivity (Wildman–Crippen MR) is 84.0 cm³/mol. The van der Waals surface area contributed by atoms with Gasteiger partial charge in [-0.15, -0.1) is 0 Å². The van der Waals surface area contributed by atoms with Crippen LogP contribution in [0.25, 0.3) is 11.3 Å². The molecule has 5 heteroatoms. The second-order valence-electron chi connectivity index (χ2n) is 5.61. The van der Waals surface area contributed by atoms with E-state index in [1.165, 1.54) is 12.8 Å². The van der Waals surface area contributed by atoms with Crippen molar-refractivity contribution in [2.75, 3.05) is 19.6 Å². The molecule has 0 spiro atoms. The number of hydrogen-bond acceptors (Lipinski definition) is 4. The molecule has 1 fully saturated rings. The first kappa shape index (κ1) is 14.6. The number of nitrogens with two attached hydrogens (primary N) is 1. The molecule has 21 heavy (non-hydrogen) atoms. The zero-order valence-corrected chi connectivity index (χ0v) is 12.7. The Balaban J connectivity index is 1.68. The van der Waals surface area contributed by atoms with Crippen LogP contribution in [0.1, 0.15) is 18.7 Å². The third-order valence-electron chi connectivity index (χ3n) is 3.96. The average Bonchev–Trinajstić information content (AvgIpc) is 2.96. The fourth-order valence-corrected chi connectivity index (χ4v) is 3.03. The van der Waals surface area contributed by atoms with Crippen LogP contribution in [0.5, 0.6) is 0 Å². The van der Waals surface area contributed by atoms with Gasteiger partial charge in [0.1, 0.15) is 0 Å². The van der Waals surface area contributed by atoms with E-state index >= 15 is 0 Å². The average molecular weight is 306 g/mol. The number of piperidine rings is 1. The van der Waals surface area contributed by atoms with E-state index in [2.05, 4.69) is 9.88 Å². The minimum Gasteiger partial charge on any atom is -0.439 e. The van der Waals surface area contributed by atoms with E-state index in [0.29, 0.717) is 10.9 Å². The Morgan fingerprint density at radius 1 is 1.43 bits per heavy atom. The van der Waals surface area contributed by atoms with E-state index in [1.807, 2.05) is 24.3 Å². The first-order valence-electron chi connectivity index (χ1n) is 7.37. The van der Waals surface area contributed by atoms with Crippen LogP contribution in [0.15, 0.2) is 34.9 Å². The molecular weight excluding hydrogens is 286 g/mol. The van der Waals surface area contributed by atoms with Crippen LogP contribution in [0.3, 0.4) is 0 Å². The Bertz CT molecular complexity index is 599. The monoisotopic (exact) mass is 305 g/mol. The van der Waals surface area contributed by atoms with Gasteiger partial charge in [0.25, 0.3) is 0 Å². The first-order valence-corrected chi connectivity index (χ1v) is 7.75. The molecule has 1 unspecified atom stereocenters. The second-order valence-corrected chi connectivity index (χ2v) is 6.04. The van der Waals surface area contributed by atoms with Crippen LogP contribution in [-0.4, -0.2) is 29.5 Å². The van der Waals surface area contributed by atoms with Gasteiger partial charge < -0.3 is 10.2 Å². The van der Waals surface area contributed by atoms with Crippen LogP contribution < -0.4 is 5.73 Å². The lowest BCUT2D eigenvalue weighted by Crippen LogP contribution is -2.37. The summed E-state index contributed by atoms with van der Waals surface area (Å²) in [7, 11) is 0. The number of aromatic nitrogens is 1. The standard InChI is InChI=1S/C16H20ClN3O/c17-14-5-1-4-13(7-14)15-9-19-16(21-15)11-20-6-2-3-12(8-18)10-20/h1,4-5,7,9,12H,2-3,6,8,10-11,18H2. The normalized spacial score (nSPS) is 19.8. The zero-order valence-electron chi connectivity index (χ0n) is 12.0. The fraction of sp³-hybridized carbons (Fsp3) is 0.438. The van der Waals surface area contributed by atoms with Gasteiger partial charge in [0, 0.05) is 17.1 Å². The zero-order chi connectivity index (χ0) is 14.7. The minimum atomic E-state index is 0.598. The molecule has 1 aromatic heterocycles. The Morgan fingerprint density at radius 3 is 3.14 bits per heavy atom. The van der Waals surface area contributed by atoms with Crippen molar-refractivity contribution in [3.05, 3.63) is 41.4 Å². The topological polar surface area (TPSA) is 55.3 Å². The van der Waals surface area contributed by atoms with Crippen molar-refractivity contribution < 1.29 is 4.42 Å². The van der Waals surface area contributed by atoms with E-state index in [-0.39, 0.29) is 0 Å². The van der Waals surface area contributed by atoms with Crippen LogP contribution in [0.2, 0.25) is 5.02 Å². The quantitative estimate of drug-likeness (QED) is 0.942. The number of nitrogens with zero attached hydrogens (tertiary/aromatic N) is 2. The minimum absolute atomic E-state index is 0.598. The maximum Gasteiger partial charge on any atom is 0.209 e. The summed E-state index contributed by atoms with van der Waals surface area (Å²) in [5, 5.41) is 0.701. The lowest BCUT2D eigenvalue weighted by Gasteiger charge is -2.30. The third-order valence-corrected chi connectivity index (χ3v) is 4.19. The largest absolute Gasteiger partial charge is 0.439 e. The molecule has 0 aliphatic carbocycles. The molecular formula is C16H20ClN3O. The maximum absolute atomic E-state index is 6.01. The fourth-order valence-electron chi connectivity index (χ4n) is 2.84. The summed E-state index contributed by atoms with van der Waals surface area (Å²) in [5.41, 5.74) is 6.73. The van der Waals surface area contributed by atoms with E-state index in [4.69, 9.17) is 21.8 Å². The van der Waals surface area contributed by atoms with Crippen molar-refractivity contribution in [3.63, 3.8) is 0 Å². The molecule has 1 aromatic carbocycles. The van der Waals surface area contributed by atoms with Gasteiger partial charge in [0.15, 0.2) is 5.76 Å². The number of likely N-dealkylation sites (tertiary alicyclic amines) is 1. The summed E-state index contributed by atoms with van der Waals surface area (Å²) in [6.45, 7) is 3.63. The predicted octanol–water partition coefficient (Wildman–Crippen LogP) is 3.17. The molecule has 0 saturated carbocycles. The molecule has 112 valence electrons. The van der Waals surface area contributed by atoms with Crippen LogP contribution in [0, 0.1) is 5.92 Å². The van der Waals surface area contributed by atoms with Gasteiger partial charge in [0.2, 0.25) is 5.89 Å². The molecule has 1 aliphatic rings. The van der Waals surface area contributed by atoms with Gasteiger partial charge >= 0.3 is 0 Å². The second kappa shape index (κ2) is 6.60. The molecule has 1 aliphatic heterocycles. The van der Waals surface area contributed by atoms with Crippen molar-refractivity contribution in [2.45, 2.75) is 19.4 Å². The van der Waals surface area contributed by atoms with Crippen LogP contribution >= 0.6 is 11.6 Å². The van der Waals surface area contributed by atoms with E-state index in [1.54, 1.807) is 6.20 Å². The maximum atomic E-state index is 6.01. The van der Waals surface area contributed by atoms with Crippen molar-refractivity contribution in [2.24, 2.45) is 11.7 Å². The molecule has 1 saturated heterocycles. The van der Waals surface area contributed by atoms with E-state index < -0.39 is 0 Å². The molecule has 2 N–H and O–H groups in total. The number of benzene rings is 1. The molecule has 2 heterocycles. The number of halogens is 1.